The highest BCUT2D eigenvalue weighted by Crippen LogP contribution is 2.07. The van der Waals surface area contributed by atoms with E-state index in [0.717, 1.165) is 12.0 Å². The van der Waals surface area contributed by atoms with E-state index in [1.807, 2.05) is 13.8 Å². The minimum Gasteiger partial charge on any atom is -0.458 e. The lowest BCUT2D eigenvalue weighted by Gasteiger charge is -2.12. The lowest BCUT2D eigenvalue weighted by atomic mass is 10.1. The third-order valence-electron chi connectivity index (χ3n) is 1.37. The molecule has 0 N–H and O–H groups in total. The lowest BCUT2D eigenvalue weighted by molar-refractivity contribution is -0.143. The summed E-state index contributed by atoms with van der Waals surface area (Å²) in [4.78, 5) is 10.4. The maximum atomic E-state index is 10.4. The summed E-state index contributed by atoms with van der Waals surface area (Å²) in [6.07, 6.45) is 0.719. The van der Waals surface area contributed by atoms with Crippen molar-refractivity contribution in [2.24, 2.45) is 0 Å². The van der Waals surface area contributed by atoms with E-state index in [-0.39, 0.29) is 12.1 Å². The molecule has 0 radical (unpaired) electrons. The van der Waals surface area contributed by atoms with Gasteiger partial charge in [0.1, 0.15) is 6.10 Å². The molecule has 0 spiro atoms. The summed E-state index contributed by atoms with van der Waals surface area (Å²) in [6.45, 7) is 8.97. The van der Waals surface area contributed by atoms with Gasteiger partial charge in [-0.3, -0.25) is 4.79 Å². The first-order chi connectivity index (χ1) is 4.57. The molecule has 0 saturated heterocycles. The van der Waals surface area contributed by atoms with Gasteiger partial charge in [-0.15, -0.1) is 0 Å². The number of ether oxygens (including phenoxy) is 1. The van der Waals surface area contributed by atoms with Crippen LogP contribution in [-0.2, 0) is 9.53 Å². The Labute approximate surface area is 61.9 Å². The highest BCUT2D eigenvalue weighted by atomic mass is 16.5. The molecule has 10 heavy (non-hydrogen) atoms. The van der Waals surface area contributed by atoms with Crippen LogP contribution in [0.5, 0.6) is 0 Å². The molecule has 1 unspecified atom stereocenters. The first-order valence-corrected chi connectivity index (χ1v) is 3.42. The monoisotopic (exact) mass is 142 g/mol. The third kappa shape index (κ3) is 3.28. The van der Waals surface area contributed by atoms with Gasteiger partial charge in [0.05, 0.1) is 0 Å². The molecule has 1 atom stereocenters. The molecule has 2 heteroatoms. The Bertz CT molecular complexity index is 138. The van der Waals surface area contributed by atoms with Crippen LogP contribution in [-0.4, -0.2) is 12.1 Å². The van der Waals surface area contributed by atoms with E-state index < -0.39 is 0 Å². The average Bonchev–Trinajstić information content (AvgIpc) is 1.85. The minimum absolute atomic E-state index is 0.137. The van der Waals surface area contributed by atoms with Crippen LogP contribution in [0.15, 0.2) is 12.2 Å². The van der Waals surface area contributed by atoms with Gasteiger partial charge in [-0.25, -0.2) is 0 Å². The van der Waals surface area contributed by atoms with E-state index in [9.17, 15) is 4.79 Å². The maximum absolute atomic E-state index is 10.4. The van der Waals surface area contributed by atoms with Gasteiger partial charge in [0.2, 0.25) is 0 Å². The Morgan fingerprint density at radius 1 is 1.70 bits per heavy atom. The second-order valence-electron chi connectivity index (χ2n) is 2.26. The number of carbonyl (C=O) groups excluding carboxylic acids is 1. The quantitative estimate of drug-likeness (QED) is 0.444. The summed E-state index contributed by atoms with van der Waals surface area (Å²) in [7, 11) is 0. The Kier molecular flexibility index (Phi) is 3.77. The fourth-order valence-corrected chi connectivity index (χ4v) is 0.620. The largest absolute Gasteiger partial charge is 0.458 e. The van der Waals surface area contributed by atoms with Crippen molar-refractivity contribution in [3.63, 3.8) is 0 Å². The molecule has 0 aromatic rings. The van der Waals surface area contributed by atoms with Crippen LogP contribution in [0.1, 0.15) is 27.2 Å². The number of hydrogen-bond acceptors (Lipinski definition) is 2. The van der Waals surface area contributed by atoms with Crippen molar-refractivity contribution in [3.8, 4) is 0 Å². The molecule has 58 valence electrons. The van der Waals surface area contributed by atoms with Crippen LogP contribution in [0, 0.1) is 0 Å². The van der Waals surface area contributed by atoms with Crippen molar-refractivity contribution in [1.29, 1.82) is 0 Å². The van der Waals surface area contributed by atoms with Crippen molar-refractivity contribution in [2.75, 3.05) is 0 Å². The van der Waals surface area contributed by atoms with Crippen LogP contribution in [0.3, 0.4) is 0 Å². The van der Waals surface area contributed by atoms with Crippen molar-refractivity contribution < 1.29 is 9.53 Å². The van der Waals surface area contributed by atoms with E-state index in [2.05, 4.69) is 6.58 Å². The Hall–Kier alpha value is -0.790. The van der Waals surface area contributed by atoms with Crippen molar-refractivity contribution >= 4 is 5.97 Å². The topological polar surface area (TPSA) is 26.3 Å². The molecule has 0 aliphatic rings. The van der Waals surface area contributed by atoms with Gasteiger partial charge in [-0.05, 0) is 18.9 Å². The standard InChI is InChI=1S/C8H14O2/c1-5-6(2)7(3)10-8(4)9/h7H,2,5H2,1,3-4H3. The summed E-state index contributed by atoms with van der Waals surface area (Å²) in [5.41, 5.74) is 0.954. The molecule has 0 rings (SSSR count). The number of carbonyl (C=O) groups is 1. The SMILES string of the molecule is C=C(CC)C(C)OC(C)=O. The van der Waals surface area contributed by atoms with E-state index in [4.69, 9.17) is 4.74 Å². The fourth-order valence-electron chi connectivity index (χ4n) is 0.620. The van der Waals surface area contributed by atoms with Crippen molar-refractivity contribution in [2.45, 2.75) is 33.3 Å². The molecule has 0 aliphatic heterocycles. The van der Waals surface area contributed by atoms with Crippen LogP contribution >= 0.6 is 0 Å². The molecule has 0 heterocycles. The number of hydrogen-bond donors (Lipinski definition) is 0. The molecule has 0 saturated carbocycles. The van der Waals surface area contributed by atoms with Gasteiger partial charge in [0.15, 0.2) is 0 Å². The summed E-state index contributed by atoms with van der Waals surface area (Å²) in [6, 6.07) is 0. The van der Waals surface area contributed by atoms with E-state index in [0.29, 0.717) is 0 Å². The molecular formula is C8H14O2. The van der Waals surface area contributed by atoms with Crippen LogP contribution < -0.4 is 0 Å². The van der Waals surface area contributed by atoms with Gasteiger partial charge < -0.3 is 4.74 Å². The zero-order chi connectivity index (χ0) is 8.15. The maximum Gasteiger partial charge on any atom is 0.303 e. The molecule has 2 nitrogen and oxygen atoms in total. The second-order valence-corrected chi connectivity index (χ2v) is 2.26. The minimum atomic E-state index is -0.248. The molecule has 0 fully saturated rings. The van der Waals surface area contributed by atoms with Crippen LogP contribution in [0.2, 0.25) is 0 Å². The zero-order valence-corrected chi connectivity index (χ0v) is 6.81. The van der Waals surface area contributed by atoms with E-state index >= 15 is 0 Å². The summed E-state index contributed by atoms with van der Waals surface area (Å²) < 4.78 is 4.86. The molecule has 0 aromatic heterocycles. The summed E-state index contributed by atoms with van der Waals surface area (Å²) >= 11 is 0. The summed E-state index contributed by atoms with van der Waals surface area (Å²) in [5, 5.41) is 0. The summed E-state index contributed by atoms with van der Waals surface area (Å²) in [5.74, 6) is -0.248. The van der Waals surface area contributed by atoms with E-state index in [1.165, 1.54) is 6.92 Å². The fraction of sp³-hybridized carbons (Fsp3) is 0.625. The highest BCUT2D eigenvalue weighted by Gasteiger charge is 2.06. The van der Waals surface area contributed by atoms with Crippen LogP contribution in [0.4, 0.5) is 0 Å². The first-order valence-electron chi connectivity index (χ1n) is 3.42. The van der Waals surface area contributed by atoms with Crippen molar-refractivity contribution in [3.05, 3.63) is 12.2 Å². The highest BCUT2D eigenvalue weighted by molar-refractivity contribution is 5.66. The average molecular weight is 142 g/mol. The molecule has 0 aliphatic carbocycles. The van der Waals surface area contributed by atoms with Gasteiger partial charge in [-0.1, -0.05) is 13.5 Å². The molecule has 0 bridgehead atoms. The number of rotatable bonds is 3. The van der Waals surface area contributed by atoms with Gasteiger partial charge in [-0.2, -0.15) is 0 Å². The first kappa shape index (κ1) is 9.21. The molecule has 0 amide bonds. The second kappa shape index (κ2) is 4.09. The third-order valence-corrected chi connectivity index (χ3v) is 1.37. The van der Waals surface area contributed by atoms with E-state index in [1.54, 1.807) is 0 Å². The molecular weight excluding hydrogens is 128 g/mol. The van der Waals surface area contributed by atoms with Crippen molar-refractivity contribution in [1.82, 2.24) is 0 Å². The van der Waals surface area contributed by atoms with Gasteiger partial charge in [0.25, 0.3) is 0 Å². The van der Waals surface area contributed by atoms with Crippen LogP contribution in [0.25, 0.3) is 0 Å². The smallest absolute Gasteiger partial charge is 0.303 e. The Balaban J connectivity index is 3.72. The normalized spacial score (nSPS) is 12.3. The zero-order valence-electron chi connectivity index (χ0n) is 6.81. The van der Waals surface area contributed by atoms with Gasteiger partial charge in [0, 0.05) is 6.92 Å². The molecule has 0 aromatic carbocycles. The predicted octanol–water partition coefficient (Wildman–Crippen LogP) is 1.90. The Morgan fingerprint density at radius 3 is 2.50 bits per heavy atom. The van der Waals surface area contributed by atoms with Gasteiger partial charge >= 0.3 is 5.97 Å². The lowest BCUT2D eigenvalue weighted by Crippen LogP contribution is -2.13. The Morgan fingerprint density at radius 2 is 2.20 bits per heavy atom. The predicted molar refractivity (Wildman–Crippen MR) is 40.7 cm³/mol. The number of esters is 1.